The molecule has 1 heterocycles. The topological polar surface area (TPSA) is 63.6 Å². The monoisotopic (exact) mass is 451 g/mol. The molecule has 9 heteroatoms. The van der Waals surface area contributed by atoms with E-state index in [2.05, 4.69) is 15.5 Å². The minimum absolute atomic E-state index is 0.0569. The second kappa shape index (κ2) is 8.29. The summed E-state index contributed by atoms with van der Waals surface area (Å²) in [4.78, 5) is 15.5. The number of benzene rings is 1. The lowest BCUT2D eigenvalue weighted by molar-refractivity contribution is -0.142. The number of nitrogens with one attached hydrogen (secondary N) is 1. The molecule has 0 fully saturated rings. The zero-order valence-corrected chi connectivity index (χ0v) is 15.0. The molecule has 0 saturated heterocycles. The Bertz CT molecular complexity index is 737. The first-order valence-corrected chi connectivity index (χ1v) is 8.49. The maximum absolute atomic E-state index is 13.6. The highest BCUT2D eigenvalue weighted by atomic mass is 127. The molecule has 5 nitrogen and oxygen atoms in total. The second-order valence-corrected chi connectivity index (χ2v) is 6.27. The van der Waals surface area contributed by atoms with Gasteiger partial charge in [0.15, 0.2) is 11.6 Å². The summed E-state index contributed by atoms with van der Waals surface area (Å²) >= 11 is 3.13. The van der Waals surface area contributed by atoms with Gasteiger partial charge < -0.3 is 4.74 Å². The van der Waals surface area contributed by atoms with Crippen LogP contribution in [0.3, 0.4) is 0 Å². The van der Waals surface area contributed by atoms with Gasteiger partial charge in [-0.3, -0.25) is 10.2 Å². The number of carbonyl (C=O) groups excluding carboxylic acids is 1. The van der Waals surface area contributed by atoms with Crippen LogP contribution in [0.1, 0.15) is 18.2 Å². The third kappa shape index (κ3) is 4.93. The lowest BCUT2D eigenvalue weighted by Gasteiger charge is -2.01. The molecule has 1 N–H and O–H groups in total. The summed E-state index contributed by atoms with van der Waals surface area (Å²) in [6.07, 6.45) is 1.26. The number of hydrogen-bond acceptors (Lipinski definition) is 6. The van der Waals surface area contributed by atoms with Crippen LogP contribution in [0.25, 0.3) is 0 Å². The summed E-state index contributed by atoms with van der Waals surface area (Å²) in [5.41, 5.74) is 3.24. The lowest BCUT2D eigenvalue weighted by Crippen LogP contribution is -2.07. The van der Waals surface area contributed by atoms with E-state index in [1.807, 2.05) is 22.6 Å². The van der Waals surface area contributed by atoms with Gasteiger partial charge in [-0.25, -0.2) is 13.8 Å². The van der Waals surface area contributed by atoms with Gasteiger partial charge in [0, 0.05) is 14.5 Å². The average Bonchev–Trinajstić information content (AvgIpc) is 2.94. The minimum Gasteiger partial charge on any atom is -0.466 e. The molecule has 0 radical (unpaired) electrons. The number of rotatable bonds is 6. The van der Waals surface area contributed by atoms with E-state index in [0.29, 0.717) is 21.0 Å². The van der Waals surface area contributed by atoms with Crippen molar-refractivity contribution in [3.63, 3.8) is 0 Å². The Kier molecular flexibility index (Phi) is 6.39. The maximum Gasteiger partial charge on any atom is 0.311 e. The third-order valence-corrected chi connectivity index (χ3v) is 4.35. The van der Waals surface area contributed by atoms with Crippen LogP contribution in [0.5, 0.6) is 0 Å². The SMILES string of the molecule is CCOC(=O)Cc1csc(NN=Cc2c(I)ccc(F)c2F)n1. The molecule has 0 atom stereocenters. The van der Waals surface area contributed by atoms with Gasteiger partial charge in [0.25, 0.3) is 0 Å². The van der Waals surface area contributed by atoms with E-state index < -0.39 is 11.6 Å². The predicted molar refractivity (Wildman–Crippen MR) is 92.7 cm³/mol. The van der Waals surface area contributed by atoms with E-state index in [4.69, 9.17) is 4.74 Å². The van der Waals surface area contributed by atoms with Crippen molar-refractivity contribution in [2.75, 3.05) is 12.0 Å². The fourth-order valence-electron chi connectivity index (χ4n) is 1.61. The quantitative estimate of drug-likeness (QED) is 0.240. The van der Waals surface area contributed by atoms with E-state index in [-0.39, 0.29) is 18.0 Å². The molecule has 1 aromatic heterocycles. The van der Waals surface area contributed by atoms with Gasteiger partial charge in [0.1, 0.15) is 0 Å². The van der Waals surface area contributed by atoms with Gasteiger partial charge in [-0.1, -0.05) is 0 Å². The molecule has 2 aromatic rings. The number of ether oxygens (including phenoxy) is 1. The molecule has 0 spiro atoms. The summed E-state index contributed by atoms with van der Waals surface area (Å²) < 4.78 is 32.2. The largest absolute Gasteiger partial charge is 0.466 e. The van der Waals surface area contributed by atoms with Crippen molar-refractivity contribution in [1.29, 1.82) is 0 Å². The van der Waals surface area contributed by atoms with Crippen LogP contribution in [-0.2, 0) is 16.0 Å². The zero-order chi connectivity index (χ0) is 16.8. The van der Waals surface area contributed by atoms with E-state index in [0.717, 1.165) is 6.07 Å². The molecular formula is C14H12F2IN3O2S. The maximum atomic E-state index is 13.6. The first kappa shape index (κ1) is 17.7. The molecule has 0 saturated carbocycles. The summed E-state index contributed by atoms with van der Waals surface area (Å²) in [6.45, 7) is 2.05. The van der Waals surface area contributed by atoms with Gasteiger partial charge in [-0.15, -0.1) is 11.3 Å². The van der Waals surface area contributed by atoms with E-state index >= 15 is 0 Å². The van der Waals surface area contributed by atoms with Gasteiger partial charge in [-0.05, 0) is 41.6 Å². The highest BCUT2D eigenvalue weighted by molar-refractivity contribution is 14.1. The number of nitrogens with zero attached hydrogens (tertiary/aromatic N) is 2. The molecule has 0 unspecified atom stereocenters. The highest BCUT2D eigenvalue weighted by Gasteiger charge is 2.10. The van der Waals surface area contributed by atoms with Crippen molar-refractivity contribution in [2.24, 2.45) is 5.10 Å². The molecule has 0 aliphatic rings. The smallest absolute Gasteiger partial charge is 0.311 e. The van der Waals surface area contributed by atoms with Crippen molar-refractivity contribution < 1.29 is 18.3 Å². The van der Waals surface area contributed by atoms with Crippen LogP contribution < -0.4 is 5.43 Å². The van der Waals surface area contributed by atoms with Crippen LogP contribution in [0.4, 0.5) is 13.9 Å². The Morgan fingerprint density at radius 1 is 1.52 bits per heavy atom. The molecule has 23 heavy (non-hydrogen) atoms. The predicted octanol–water partition coefficient (Wildman–Crippen LogP) is 3.58. The lowest BCUT2D eigenvalue weighted by atomic mass is 10.2. The summed E-state index contributed by atoms with van der Waals surface area (Å²) in [6, 6.07) is 2.52. The summed E-state index contributed by atoms with van der Waals surface area (Å²) in [5.74, 6) is -2.24. The number of esters is 1. The van der Waals surface area contributed by atoms with Gasteiger partial charge in [0.2, 0.25) is 5.13 Å². The van der Waals surface area contributed by atoms with E-state index in [9.17, 15) is 13.6 Å². The van der Waals surface area contributed by atoms with E-state index in [1.54, 1.807) is 12.3 Å². The fourth-order valence-corrected chi connectivity index (χ4v) is 2.83. The van der Waals surface area contributed by atoms with Gasteiger partial charge in [-0.2, -0.15) is 5.10 Å². The molecule has 0 aliphatic carbocycles. The van der Waals surface area contributed by atoms with Crippen molar-refractivity contribution in [1.82, 2.24) is 4.98 Å². The van der Waals surface area contributed by atoms with Crippen molar-refractivity contribution in [3.05, 3.63) is 44.0 Å². The zero-order valence-electron chi connectivity index (χ0n) is 12.0. The van der Waals surface area contributed by atoms with Crippen LogP contribution in [0.2, 0.25) is 0 Å². The van der Waals surface area contributed by atoms with Crippen LogP contribution in [-0.4, -0.2) is 23.8 Å². The highest BCUT2D eigenvalue weighted by Crippen LogP contribution is 2.18. The van der Waals surface area contributed by atoms with E-state index in [1.165, 1.54) is 23.6 Å². The number of hydrazone groups is 1. The first-order chi connectivity index (χ1) is 11.0. The molecule has 1 aromatic carbocycles. The Morgan fingerprint density at radius 2 is 2.30 bits per heavy atom. The first-order valence-electron chi connectivity index (χ1n) is 6.53. The Morgan fingerprint density at radius 3 is 3.04 bits per heavy atom. The summed E-state index contributed by atoms with van der Waals surface area (Å²) in [7, 11) is 0. The Balaban J connectivity index is 2.00. The number of carbonyl (C=O) groups is 1. The Labute approximate surface area is 148 Å². The molecular weight excluding hydrogens is 439 g/mol. The summed E-state index contributed by atoms with van der Waals surface area (Å²) in [5, 5.41) is 5.98. The van der Waals surface area contributed by atoms with Crippen molar-refractivity contribution in [3.8, 4) is 0 Å². The van der Waals surface area contributed by atoms with Crippen molar-refractivity contribution >= 4 is 51.2 Å². The fraction of sp³-hybridized carbons (Fsp3) is 0.214. The van der Waals surface area contributed by atoms with Crippen LogP contribution in [0, 0.1) is 15.2 Å². The number of halogens is 3. The van der Waals surface area contributed by atoms with Crippen LogP contribution in [0.15, 0.2) is 22.6 Å². The minimum atomic E-state index is -0.954. The van der Waals surface area contributed by atoms with Crippen LogP contribution >= 0.6 is 33.9 Å². The molecule has 122 valence electrons. The number of thiazole rings is 1. The molecule has 0 bridgehead atoms. The van der Waals surface area contributed by atoms with Crippen molar-refractivity contribution in [2.45, 2.75) is 13.3 Å². The second-order valence-electron chi connectivity index (χ2n) is 4.25. The normalized spacial score (nSPS) is 11.0. The standard InChI is InChI=1S/C14H12F2IN3O2S/c1-2-22-12(21)5-8-7-23-14(19-8)20-18-6-9-11(17)4-3-10(15)13(9)16/h3-4,6-7H,2,5H2,1H3,(H,19,20). The van der Waals surface area contributed by atoms with Gasteiger partial charge in [0.05, 0.1) is 24.9 Å². The molecule has 0 aliphatic heterocycles. The molecule has 0 amide bonds. The third-order valence-electron chi connectivity index (χ3n) is 2.62. The Hall–Kier alpha value is -1.62. The molecule has 2 rings (SSSR count). The average molecular weight is 451 g/mol. The number of hydrogen-bond donors (Lipinski definition) is 1. The number of anilines is 1. The van der Waals surface area contributed by atoms with Gasteiger partial charge >= 0.3 is 5.97 Å². The number of aromatic nitrogens is 1.